The van der Waals surface area contributed by atoms with Gasteiger partial charge in [0.2, 0.25) is 0 Å². The fourth-order valence-corrected chi connectivity index (χ4v) is 6.42. The first-order valence-electron chi connectivity index (χ1n) is 8.74. The molecular formula is C18H26O3. The van der Waals surface area contributed by atoms with Gasteiger partial charge < -0.3 is 5.11 Å². The Labute approximate surface area is 126 Å². The highest BCUT2D eigenvalue weighted by Gasteiger charge is 2.58. The highest BCUT2D eigenvalue weighted by Crippen LogP contribution is 2.61. The molecule has 0 bridgehead atoms. The van der Waals surface area contributed by atoms with Gasteiger partial charge in [0.15, 0.2) is 0 Å². The lowest BCUT2D eigenvalue weighted by Crippen LogP contribution is -2.53. The molecule has 4 aliphatic carbocycles. The van der Waals surface area contributed by atoms with Gasteiger partial charge in [0.25, 0.3) is 0 Å². The van der Waals surface area contributed by atoms with Crippen LogP contribution in [-0.2, 0) is 9.59 Å². The van der Waals surface area contributed by atoms with E-state index in [2.05, 4.69) is 6.92 Å². The third-order valence-corrected chi connectivity index (χ3v) is 7.53. The van der Waals surface area contributed by atoms with Crippen molar-refractivity contribution in [1.82, 2.24) is 0 Å². The minimum absolute atomic E-state index is 0.113. The molecule has 0 saturated heterocycles. The van der Waals surface area contributed by atoms with Crippen molar-refractivity contribution in [3.63, 3.8) is 0 Å². The molecule has 4 fully saturated rings. The molecule has 0 amide bonds. The molecule has 4 rings (SSSR count). The monoisotopic (exact) mass is 290 g/mol. The van der Waals surface area contributed by atoms with Gasteiger partial charge in [-0.05, 0) is 61.7 Å². The van der Waals surface area contributed by atoms with Crippen LogP contribution in [0.4, 0.5) is 0 Å². The first-order chi connectivity index (χ1) is 10.0. The molecule has 0 aromatic heterocycles. The average Bonchev–Trinajstić information content (AvgIpc) is 2.76. The van der Waals surface area contributed by atoms with Crippen LogP contribution in [0.1, 0.15) is 58.3 Å². The van der Waals surface area contributed by atoms with Crippen molar-refractivity contribution < 1.29 is 14.7 Å². The van der Waals surface area contributed by atoms with Crippen LogP contribution in [0.15, 0.2) is 0 Å². The van der Waals surface area contributed by atoms with Crippen LogP contribution in [0.25, 0.3) is 0 Å². The van der Waals surface area contributed by atoms with Gasteiger partial charge in [0.05, 0.1) is 6.10 Å². The fourth-order valence-electron chi connectivity index (χ4n) is 6.42. The Kier molecular flexibility index (Phi) is 3.08. The summed E-state index contributed by atoms with van der Waals surface area (Å²) in [6.07, 6.45) is 6.71. The molecule has 21 heavy (non-hydrogen) atoms. The highest BCUT2D eigenvalue weighted by atomic mass is 16.3. The van der Waals surface area contributed by atoms with Crippen LogP contribution in [0.3, 0.4) is 0 Å². The molecule has 3 nitrogen and oxygen atoms in total. The van der Waals surface area contributed by atoms with Crippen molar-refractivity contribution in [2.75, 3.05) is 0 Å². The van der Waals surface area contributed by atoms with E-state index < -0.39 is 0 Å². The molecule has 0 aromatic rings. The van der Waals surface area contributed by atoms with Crippen molar-refractivity contribution in [2.45, 2.75) is 64.4 Å². The summed E-state index contributed by atoms with van der Waals surface area (Å²) in [5.41, 5.74) is -0.113. The normalized spacial score (nSPS) is 53.0. The van der Waals surface area contributed by atoms with Crippen LogP contribution >= 0.6 is 0 Å². The topological polar surface area (TPSA) is 54.4 Å². The minimum Gasteiger partial charge on any atom is -0.393 e. The van der Waals surface area contributed by atoms with Crippen molar-refractivity contribution in [1.29, 1.82) is 0 Å². The number of Topliss-reactive ketones (excluding diaryl/α,β-unsaturated/α-hetero) is 2. The molecule has 1 N–H and O–H groups in total. The molecule has 0 radical (unpaired) electrons. The molecule has 116 valence electrons. The largest absolute Gasteiger partial charge is 0.393 e. The Morgan fingerprint density at radius 3 is 2.57 bits per heavy atom. The van der Waals surface area contributed by atoms with Crippen LogP contribution in [0.5, 0.6) is 0 Å². The number of hydrogen-bond acceptors (Lipinski definition) is 3. The van der Waals surface area contributed by atoms with E-state index in [1.165, 1.54) is 0 Å². The molecular weight excluding hydrogens is 264 g/mol. The Morgan fingerprint density at radius 2 is 1.76 bits per heavy atom. The standard InChI is InChI=1S/C18H26O3/c1-18-7-6-12-11-3-2-10(19)8-14(11)16(20)9-13(12)15(18)4-5-17(18)21/h11-16,20H,2-9H2,1H3/t11-,12-,13-,14+,15+,16-,18+/m1/s1. The van der Waals surface area contributed by atoms with Gasteiger partial charge in [0, 0.05) is 24.7 Å². The summed E-state index contributed by atoms with van der Waals surface area (Å²) in [5, 5.41) is 10.6. The molecule has 4 saturated carbocycles. The second-order valence-corrected chi connectivity index (χ2v) is 8.26. The zero-order valence-corrected chi connectivity index (χ0v) is 12.9. The number of carbonyl (C=O) groups excluding carboxylic acids is 2. The second-order valence-electron chi connectivity index (χ2n) is 8.26. The van der Waals surface area contributed by atoms with E-state index in [9.17, 15) is 14.7 Å². The maximum Gasteiger partial charge on any atom is 0.139 e. The Morgan fingerprint density at radius 1 is 1.00 bits per heavy atom. The predicted molar refractivity (Wildman–Crippen MR) is 78.5 cm³/mol. The Hall–Kier alpha value is -0.700. The van der Waals surface area contributed by atoms with Crippen molar-refractivity contribution in [3.05, 3.63) is 0 Å². The van der Waals surface area contributed by atoms with Crippen molar-refractivity contribution in [2.24, 2.45) is 35.0 Å². The molecule has 0 aromatic carbocycles. The van der Waals surface area contributed by atoms with Gasteiger partial charge >= 0.3 is 0 Å². The molecule has 0 aliphatic heterocycles. The van der Waals surface area contributed by atoms with Crippen molar-refractivity contribution >= 4 is 11.6 Å². The summed E-state index contributed by atoms with van der Waals surface area (Å²) < 4.78 is 0. The Bertz CT molecular complexity index is 485. The third kappa shape index (κ3) is 1.89. The number of carbonyl (C=O) groups is 2. The number of aliphatic hydroxyl groups is 1. The number of hydrogen-bond donors (Lipinski definition) is 1. The lowest BCUT2D eigenvalue weighted by Gasteiger charge is -2.55. The summed E-state index contributed by atoms with van der Waals surface area (Å²) >= 11 is 0. The van der Waals surface area contributed by atoms with E-state index in [0.29, 0.717) is 48.1 Å². The van der Waals surface area contributed by atoms with Gasteiger partial charge in [-0.1, -0.05) is 6.92 Å². The van der Waals surface area contributed by atoms with Crippen LogP contribution in [0.2, 0.25) is 0 Å². The van der Waals surface area contributed by atoms with E-state index in [-0.39, 0.29) is 17.4 Å². The summed E-state index contributed by atoms with van der Waals surface area (Å²) in [4.78, 5) is 24.0. The second kappa shape index (κ2) is 4.65. The lowest BCUT2D eigenvalue weighted by molar-refractivity contribution is -0.143. The molecule has 0 spiro atoms. The van der Waals surface area contributed by atoms with Gasteiger partial charge in [-0.2, -0.15) is 0 Å². The van der Waals surface area contributed by atoms with Crippen LogP contribution in [-0.4, -0.2) is 22.8 Å². The maximum atomic E-state index is 12.3. The molecule has 0 heterocycles. The van der Waals surface area contributed by atoms with E-state index in [4.69, 9.17) is 0 Å². The predicted octanol–water partition coefficient (Wildman–Crippen LogP) is 2.75. The SMILES string of the molecule is C[C@]12CC[C@@H]3[C@H]4CCC(=O)C[C@@H]4[C@H](O)C[C@H]3[C@@H]1CCC2=O. The maximum absolute atomic E-state index is 12.3. The fraction of sp³-hybridized carbons (Fsp3) is 0.889. The molecule has 0 unspecified atom stereocenters. The summed E-state index contributed by atoms with van der Waals surface area (Å²) in [6.45, 7) is 2.17. The number of aliphatic hydroxyl groups excluding tert-OH is 1. The third-order valence-electron chi connectivity index (χ3n) is 7.53. The number of fused-ring (bicyclic) bond motifs is 5. The molecule has 4 aliphatic rings. The summed E-state index contributed by atoms with van der Waals surface area (Å²) in [7, 11) is 0. The first kappa shape index (κ1) is 13.9. The lowest BCUT2D eigenvalue weighted by atomic mass is 9.50. The van der Waals surface area contributed by atoms with Gasteiger partial charge in [-0.3, -0.25) is 9.59 Å². The van der Waals surface area contributed by atoms with E-state index in [1.807, 2.05) is 0 Å². The van der Waals surface area contributed by atoms with Crippen LogP contribution in [0, 0.1) is 35.0 Å². The van der Waals surface area contributed by atoms with Crippen LogP contribution < -0.4 is 0 Å². The Balaban J connectivity index is 1.63. The number of rotatable bonds is 0. The molecule has 3 heteroatoms. The minimum atomic E-state index is -0.321. The summed E-state index contributed by atoms with van der Waals surface area (Å²) in [5.74, 6) is 3.17. The van der Waals surface area contributed by atoms with E-state index in [1.54, 1.807) is 0 Å². The van der Waals surface area contributed by atoms with E-state index >= 15 is 0 Å². The zero-order valence-electron chi connectivity index (χ0n) is 12.9. The zero-order chi connectivity index (χ0) is 14.8. The van der Waals surface area contributed by atoms with E-state index in [0.717, 1.165) is 38.5 Å². The van der Waals surface area contributed by atoms with Gasteiger partial charge in [-0.15, -0.1) is 0 Å². The molecule has 7 atom stereocenters. The van der Waals surface area contributed by atoms with Gasteiger partial charge in [0.1, 0.15) is 11.6 Å². The smallest absolute Gasteiger partial charge is 0.139 e. The van der Waals surface area contributed by atoms with Gasteiger partial charge in [-0.25, -0.2) is 0 Å². The first-order valence-corrected chi connectivity index (χ1v) is 8.74. The average molecular weight is 290 g/mol. The quantitative estimate of drug-likeness (QED) is 0.746. The van der Waals surface area contributed by atoms with Crippen molar-refractivity contribution in [3.8, 4) is 0 Å². The highest BCUT2D eigenvalue weighted by molar-refractivity contribution is 5.87. The number of ketones is 2. The summed E-state index contributed by atoms with van der Waals surface area (Å²) in [6, 6.07) is 0.